The fraction of sp³-hybridized carbons (Fsp3) is 0.744. The van der Waals surface area contributed by atoms with Gasteiger partial charge in [-0.05, 0) is 144 Å². The minimum atomic E-state index is 0.700. The second kappa shape index (κ2) is 52.6. The molecular formula is C86H140N4S6. The highest BCUT2D eigenvalue weighted by molar-refractivity contribution is 7.29. The summed E-state index contributed by atoms with van der Waals surface area (Å²) in [5.41, 5.74) is 9.46. The third-order valence-corrected chi connectivity index (χ3v) is 27.9. The zero-order chi connectivity index (χ0) is 67.9. The number of rotatable bonds is 62. The van der Waals surface area contributed by atoms with Crippen LogP contribution in [0.2, 0.25) is 0 Å². The molecule has 6 aromatic rings. The molecule has 2 atom stereocenters. The molecule has 0 amide bonds. The summed E-state index contributed by atoms with van der Waals surface area (Å²) in [6, 6.07) is 5.11. The fourth-order valence-corrected chi connectivity index (χ4v) is 21.2. The molecule has 0 N–H and O–H groups in total. The largest absolute Gasteiger partial charge is 0.178 e. The van der Waals surface area contributed by atoms with Gasteiger partial charge in [0, 0.05) is 19.5 Å². The van der Waals surface area contributed by atoms with E-state index in [-0.39, 0.29) is 0 Å². The number of hydrogen-bond donors (Lipinski definition) is 0. The first kappa shape index (κ1) is 82.6. The molecule has 0 radical (unpaired) electrons. The maximum Gasteiger partial charge on any atom is 0.178 e. The Morgan fingerprint density at radius 1 is 0.312 bits per heavy atom. The highest BCUT2D eigenvalue weighted by Crippen LogP contribution is 2.49. The van der Waals surface area contributed by atoms with Gasteiger partial charge >= 0.3 is 0 Å². The normalized spacial score (nSPS) is 12.6. The lowest BCUT2D eigenvalue weighted by Gasteiger charge is -2.14. The Bertz CT molecular complexity index is 2870. The SMILES string of the molecule is CCCCCCCCCCCCc1csc(-c2nnc(-c3nnc(-c4sc(-c5cc(CC(CC)CCCC)c(/C=C/c6sccc6CC(CC)CCCC)s5)c(CCCCCCCCCCCC)c4CCCCCCCCCCCC)s3)s2)c1CCCCCCCCCCCC. The predicted molar refractivity (Wildman–Crippen MR) is 438 cm³/mol. The van der Waals surface area contributed by atoms with Gasteiger partial charge in [0.1, 0.15) is 0 Å². The molecule has 0 aliphatic carbocycles. The van der Waals surface area contributed by atoms with E-state index in [4.69, 9.17) is 20.4 Å². The van der Waals surface area contributed by atoms with Crippen LogP contribution in [0.3, 0.4) is 0 Å². The van der Waals surface area contributed by atoms with E-state index in [1.165, 1.54) is 350 Å². The summed E-state index contributed by atoms with van der Waals surface area (Å²) in [5.74, 6) is 1.46. The van der Waals surface area contributed by atoms with E-state index in [1.54, 1.807) is 56.1 Å². The topological polar surface area (TPSA) is 51.6 Å². The molecule has 540 valence electrons. The van der Waals surface area contributed by atoms with Crippen LogP contribution in [0.15, 0.2) is 22.9 Å². The van der Waals surface area contributed by atoms with Crippen LogP contribution in [-0.4, -0.2) is 20.4 Å². The molecule has 6 heterocycles. The van der Waals surface area contributed by atoms with Crippen molar-refractivity contribution in [3.05, 3.63) is 66.0 Å². The minimum Gasteiger partial charge on any atom is -0.144 e. The van der Waals surface area contributed by atoms with Gasteiger partial charge in [-0.1, -0.05) is 361 Å². The van der Waals surface area contributed by atoms with Crippen molar-refractivity contribution in [2.75, 3.05) is 0 Å². The highest BCUT2D eigenvalue weighted by Gasteiger charge is 2.27. The van der Waals surface area contributed by atoms with Crippen molar-refractivity contribution >= 4 is 80.2 Å². The Morgan fingerprint density at radius 3 is 1.11 bits per heavy atom. The van der Waals surface area contributed by atoms with E-state index < -0.39 is 0 Å². The van der Waals surface area contributed by atoms with E-state index in [1.807, 2.05) is 22.7 Å². The van der Waals surface area contributed by atoms with Gasteiger partial charge in [0.2, 0.25) is 0 Å². The van der Waals surface area contributed by atoms with Crippen molar-refractivity contribution in [3.8, 4) is 39.5 Å². The van der Waals surface area contributed by atoms with Gasteiger partial charge < -0.3 is 0 Å². The molecule has 0 saturated carbocycles. The van der Waals surface area contributed by atoms with E-state index in [9.17, 15) is 0 Å². The van der Waals surface area contributed by atoms with Crippen molar-refractivity contribution in [1.29, 1.82) is 0 Å². The molecule has 0 aliphatic heterocycles. The summed E-state index contributed by atoms with van der Waals surface area (Å²) < 4.78 is 0. The third-order valence-electron chi connectivity index (χ3n) is 21.0. The molecule has 0 saturated heterocycles. The Labute approximate surface area is 615 Å². The van der Waals surface area contributed by atoms with Gasteiger partial charge in [0.15, 0.2) is 20.0 Å². The lowest BCUT2D eigenvalue weighted by molar-refractivity contribution is 0.449. The van der Waals surface area contributed by atoms with Crippen molar-refractivity contribution in [2.45, 2.75) is 402 Å². The summed E-state index contributed by atoms with van der Waals surface area (Å²) in [5, 5.41) is 29.2. The Morgan fingerprint density at radius 2 is 0.677 bits per heavy atom. The number of aryl methyl sites for hydroxylation is 1. The van der Waals surface area contributed by atoms with Gasteiger partial charge in [-0.25, -0.2) is 0 Å². The second-order valence-corrected chi connectivity index (χ2v) is 35.1. The summed E-state index contributed by atoms with van der Waals surface area (Å²) in [4.78, 5) is 8.67. The molecular weight excluding hydrogens is 1280 g/mol. The molecule has 10 heteroatoms. The van der Waals surface area contributed by atoms with Crippen LogP contribution < -0.4 is 0 Å². The Balaban J connectivity index is 1.33. The maximum absolute atomic E-state index is 5.22. The van der Waals surface area contributed by atoms with Crippen molar-refractivity contribution in [3.63, 3.8) is 0 Å². The van der Waals surface area contributed by atoms with Crippen molar-refractivity contribution in [2.24, 2.45) is 11.8 Å². The first-order chi connectivity index (χ1) is 47.4. The quantitative estimate of drug-likeness (QED) is 0.0357. The van der Waals surface area contributed by atoms with Crippen LogP contribution >= 0.6 is 68.0 Å². The second-order valence-electron chi connectivity index (χ2n) is 29.2. The molecule has 0 bridgehead atoms. The number of aromatic nitrogens is 4. The number of thiophene rings is 4. The summed E-state index contributed by atoms with van der Waals surface area (Å²) in [7, 11) is 0. The maximum atomic E-state index is 5.22. The van der Waals surface area contributed by atoms with Crippen LogP contribution in [-0.2, 0) is 38.5 Å². The van der Waals surface area contributed by atoms with Crippen LogP contribution in [0, 0.1) is 11.8 Å². The number of hydrogen-bond acceptors (Lipinski definition) is 10. The average molecular weight is 1420 g/mol. The van der Waals surface area contributed by atoms with Gasteiger partial charge in [-0.2, -0.15) is 0 Å². The van der Waals surface area contributed by atoms with E-state index in [0.29, 0.717) is 5.92 Å². The summed E-state index contributed by atoms with van der Waals surface area (Å²) in [6.07, 6.45) is 77.0. The molecule has 0 aromatic carbocycles. The smallest absolute Gasteiger partial charge is 0.144 e. The molecule has 0 spiro atoms. The van der Waals surface area contributed by atoms with Crippen molar-refractivity contribution < 1.29 is 0 Å². The predicted octanol–water partition coefficient (Wildman–Crippen LogP) is 31.8. The summed E-state index contributed by atoms with van der Waals surface area (Å²) in [6.45, 7) is 18.9. The van der Waals surface area contributed by atoms with E-state index >= 15 is 0 Å². The fourth-order valence-electron chi connectivity index (χ4n) is 14.6. The molecule has 96 heavy (non-hydrogen) atoms. The molecule has 0 aliphatic rings. The van der Waals surface area contributed by atoms with Gasteiger partial charge in [-0.3, -0.25) is 0 Å². The van der Waals surface area contributed by atoms with Gasteiger partial charge in [-0.15, -0.1) is 65.7 Å². The first-order valence-corrected chi connectivity index (χ1v) is 46.2. The van der Waals surface area contributed by atoms with Crippen LogP contribution in [0.25, 0.3) is 51.7 Å². The average Bonchev–Trinajstić information content (AvgIpc) is 1.62. The van der Waals surface area contributed by atoms with Gasteiger partial charge in [0.25, 0.3) is 0 Å². The number of unbranched alkanes of at least 4 members (excludes halogenated alkanes) is 38. The zero-order valence-corrected chi connectivity index (χ0v) is 67.9. The monoisotopic (exact) mass is 1420 g/mol. The molecule has 6 aromatic heterocycles. The minimum absolute atomic E-state index is 0.700. The molecule has 2 unspecified atom stereocenters. The summed E-state index contributed by atoms with van der Waals surface area (Å²) >= 11 is 11.6. The van der Waals surface area contributed by atoms with E-state index in [2.05, 4.69) is 113 Å². The van der Waals surface area contributed by atoms with E-state index in [0.717, 1.165) is 51.6 Å². The lowest BCUT2D eigenvalue weighted by Crippen LogP contribution is -2.03. The molecule has 6 rings (SSSR count). The molecule has 0 fully saturated rings. The first-order valence-electron chi connectivity index (χ1n) is 41.2. The third kappa shape index (κ3) is 31.1. The van der Waals surface area contributed by atoms with Crippen LogP contribution in [0.5, 0.6) is 0 Å². The van der Waals surface area contributed by atoms with Crippen molar-refractivity contribution in [1.82, 2.24) is 20.4 Å². The standard InChI is InChI=1S/C86H140N4S6/c1-9-17-23-27-31-35-39-43-47-51-57-72-68-92-81(74(72)58-52-48-44-40-36-32-28-24-18-10-2)83-87-89-85(95-83)86-90-88-84(96-86)82-76(60-54-50-46-42-38-34-30-26-20-12-4)75(59-53-49-45-41-37-33-29-25-19-11-3)80(94-82)79-67-73(66-70(16-8)56-22-14-6)78(93-79)62-61-77-71(63-64-91-77)65-69(15-7)55-21-13-5/h61-64,67-70H,9-60,65-66H2,1-8H3/b62-61+. The van der Waals surface area contributed by atoms with Crippen LogP contribution in [0.1, 0.15) is 407 Å². The zero-order valence-electron chi connectivity index (χ0n) is 63.0. The number of nitrogens with zero attached hydrogens (tertiary/aromatic N) is 4. The highest BCUT2D eigenvalue weighted by atomic mass is 32.1. The lowest BCUT2D eigenvalue weighted by atomic mass is 9.91. The molecule has 4 nitrogen and oxygen atoms in total. The Kier molecular flexibility index (Phi) is 45.3. The Hall–Kier alpha value is -2.34. The van der Waals surface area contributed by atoms with Gasteiger partial charge in [0.05, 0.1) is 9.75 Å². The van der Waals surface area contributed by atoms with Crippen LogP contribution in [0.4, 0.5) is 0 Å².